The first kappa shape index (κ1) is 14.0. The fourth-order valence-electron chi connectivity index (χ4n) is 1.97. The van der Waals surface area contributed by atoms with Crippen LogP contribution in [0.5, 0.6) is 0 Å². The second-order valence-corrected chi connectivity index (χ2v) is 5.74. The zero-order valence-electron chi connectivity index (χ0n) is 11.9. The van der Waals surface area contributed by atoms with Gasteiger partial charge in [-0.3, -0.25) is 4.79 Å². The van der Waals surface area contributed by atoms with E-state index in [-0.39, 0.29) is 11.9 Å². The lowest BCUT2D eigenvalue weighted by Gasteiger charge is -2.26. The number of carbonyl (C=O) groups excluding carboxylic acids is 1. The zero-order chi connectivity index (χ0) is 13.8. The molecule has 2 N–H and O–H groups in total. The molecule has 0 bridgehead atoms. The molecule has 0 aromatic carbocycles. The van der Waals surface area contributed by atoms with Gasteiger partial charge in [-0.25, -0.2) is 4.68 Å². The minimum atomic E-state index is -0.130. The van der Waals surface area contributed by atoms with E-state index in [4.69, 9.17) is 0 Å². The summed E-state index contributed by atoms with van der Waals surface area (Å²) in [6.07, 6.45) is 3.84. The standard InChI is InChI=1S/C13H23N5O/c1-9(2)4-5-10(3)15-13(19)12-8-18(17-16-12)11-6-14-7-11/h8-11,14H,4-7H2,1-3H3,(H,15,19). The maximum Gasteiger partial charge on any atom is 0.273 e. The third kappa shape index (κ3) is 3.76. The Morgan fingerprint density at radius 3 is 2.79 bits per heavy atom. The summed E-state index contributed by atoms with van der Waals surface area (Å²) in [5.74, 6) is 0.529. The van der Waals surface area contributed by atoms with Crippen LogP contribution in [-0.4, -0.2) is 40.0 Å². The number of carbonyl (C=O) groups is 1. The molecule has 0 aliphatic carbocycles. The number of hydrogen-bond donors (Lipinski definition) is 2. The largest absolute Gasteiger partial charge is 0.348 e. The fourth-order valence-corrected chi connectivity index (χ4v) is 1.97. The fraction of sp³-hybridized carbons (Fsp3) is 0.769. The minimum Gasteiger partial charge on any atom is -0.348 e. The van der Waals surface area contributed by atoms with Crippen LogP contribution in [0, 0.1) is 5.92 Å². The molecule has 2 heterocycles. The van der Waals surface area contributed by atoms with Gasteiger partial charge in [0.15, 0.2) is 5.69 Å². The summed E-state index contributed by atoms with van der Waals surface area (Å²) in [7, 11) is 0. The van der Waals surface area contributed by atoms with Crippen LogP contribution in [0.3, 0.4) is 0 Å². The molecule has 1 atom stereocenters. The van der Waals surface area contributed by atoms with E-state index >= 15 is 0 Å². The topological polar surface area (TPSA) is 71.8 Å². The molecule has 1 fully saturated rings. The van der Waals surface area contributed by atoms with Gasteiger partial charge in [-0.05, 0) is 25.7 Å². The van der Waals surface area contributed by atoms with E-state index in [1.807, 2.05) is 6.92 Å². The molecule has 1 aliphatic heterocycles. The van der Waals surface area contributed by atoms with Gasteiger partial charge in [0.1, 0.15) is 0 Å². The molecule has 0 spiro atoms. The molecular weight excluding hydrogens is 242 g/mol. The van der Waals surface area contributed by atoms with Gasteiger partial charge >= 0.3 is 0 Å². The summed E-state index contributed by atoms with van der Waals surface area (Å²) >= 11 is 0. The Kier molecular flexibility index (Phi) is 4.52. The van der Waals surface area contributed by atoms with Crippen LogP contribution in [0.15, 0.2) is 6.20 Å². The number of nitrogens with one attached hydrogen (secondary N) is 2. The number of hydrogen-bond acceptors (Lipinski definition) is 4. The second-order valence-electron chi connectivity index (χ2n) is 5.74. The molecule has 2 rings (SSSR count). The van der Waals surface area contributed by atoms with E-state index in [0.717, 1.165) is 25.9 Å². The lowest BCUT2D eigenvalue weighted by Crippen LogP contribution is -2.43. The minimum absolute atomic E-state index is 0.130. The van der Waals surface area contributed by atoms with E-state index in [1.54, 1.807) is 10.9 Å². The molecule has 19 heavy (non-hydrogen) atoms. The monoisotopic (exact) mass is 265 g/mol. The van der Waals surface area contributed by atoms with Crippen LogP contribution in [0.2, 0.25) is 0 Å². The second kappa shape index (κ2) is 6.14. The normalized spacial score (nSPS) is 17.3. The highest BCUT2D eigenvalue weighted by Gasteiger charge is 2.22. The lowest BCUT2D eigenvalue weighted by atomic mass is 10.0. The van der Waals surface area contributed by atoms with Crippen molar-refractivity contribution in [2.24, 2.45) is 5.92 Å². The Labute approximate surface area is 113 Å². The zero-order valence-corrected chi connectivity index (χ0v) is 11.9. The molecule has 6 nitrogen and oxygen atoms in total. The maximum absolute atomic E-state index is 12.0. The van der Waals surface area contributed by atoms with E-state index in [1.165, 1.54) is 0 Å². The van der Waals surface area contributed by atoms with Crippen molar-refractivity contribution in [3.8, 4) is 0 Å². The smallest absolute Gasteiger partial charge is 0.273 e. The number of amides is 1. The van der Waals surface area contributed by atoms with Crippen molar-refractivity contribution in [3.05, 3.63) is 11.9 Å². The molecule has 0 saturated carbocycles. The van der Waals surface area contributed by atoms with Crippen LogP contribution in [0.1, 0.15) is 50.1 Å². The van der Waals surface area contributed by atoms with E-state index in [0.29, 0.717) is 17.7 Å². The van der Waals surface area contributed by atoms with E-state index < -0.39 is 0 Å². The predicted molar refractivity (Wildman–Crippen MR) is 72.9 cm³/mol. The van der Waals surface area contributed by atoms with Gasteiger partial charge < -0.3 is 10.6 Å². The third-order valence-electron chi connectivity index (χ3n) is 3.43. The van der Waals surface area contributed by atoms with Crippen molar-refractivity contribution in [2.45, 2.75) is 45.7 Å². The van der Waals surface area contributed by atoms with Crippen molar-refractivity contribution in [1.29, 1.82) is 0 Å². The van der Waals surface area contributed by atoms with Gasteiger partial charge in [-0.1, -0.05) is 19.1 Å². The van der Waals surface area contributed by atoms with Gasteiger partial charge in [0.05, 0.1) is 12.2 Å². The highest BCUT2D eigenvalue weighted by molar-refractivity contribution is 5.92. The number of aromatic nitrogens is 3. The highest BCUT2D eigenvalue weighted by atomic mass is 16.2. The van der Waals surface area contributed by atoms with Crippen LogP contribution in [0.4, 0.5) is 0 Å². The van der Waals surface area contributed by atoms with E-state index in [9.17, 15) is 4.79 Å². The molecule has 1 aromatic rings. The Morgan fingerprint density at radius 1 is 1.47 bits per heavy atom. The van der Waals surface area contributed by atoms with Crippen molar-refractivity contribution in [3.63, 3.8) is 0 Å². The first-order valence-electron chi connectivity index (χ1n) is 6.99. The number of nitrogens with zero attached hydrogens (tertiary/aromatic N) is 3. The molecule has 1 amide bonds. The van der Waals surface area contributed by atoms with Crippen molar-refractivity contribution in [1.82, 2.24) is 25.6 Å². The molecule has 0 radical (unpaired) electrons. The quantitative estimate of drug-likeness (QED) is 0.804. The summed E-state index contributed by atoms with van der Waals surface area (Å²) in [6, 6.07) is 0.512. The molecule has 106 valence electrons. The van der Waals surface area contributed by atoms with Crippen LogP contribution in [0.25, 0.3) is 0 Å². The average molecular weight is 265 g/mol. The van der Waals surface area contributed by atoms with E-state index in [2.05, 4.69) is 34.8 Å². The van der Waals surface area contributed by atoms with Gasteiger partial charge in [-0.2, -0.15) is 0 Å². The van der Waals surface area contributed by atoms with Gasteiger partial charge in [0.2, 0.25) is 0 Å². The summed E-state index contributed by atoms with van der Waals surface area (Å²) in [5.41, 5.74) is 0.406. The highest BCUT2D eigenvalue weighted by Crippen LogP contribution is 2.10. The summed E-state index contributed by atoms with van der Waals surface area (Å²) in [6.45, 7) is 8.20. The van der Waals surface area contributed by atoms with Gasteiger partial charge in [-0.15, -0.1) is 5.10 Å². The van der Waals surface area contributed by atoms with Crippen molar-refractivity contribution < 1.29 is 4.79 Å². The number of rotatable bonds is 6. The van der Waals surface area contributed by atoms with Crippen molar-refractivity contribution in [2.75, 3.05) is 13.1 Å². The Bertz CT molecular complexity index is 424. The SMILES string of the molecule is CC(C)CCC(C)NC(=O)c1cn(C2CNC2)nn1. The van der Waals surface area contributed by atoms with Crippen LogP contribution in [-0.2, 0) is 0 Å². The summed E-state index contributed by atoms with van der Waals surface area (Å²) < 4.78 is 1.77. The molecule has 1 aliphatic rings. The maximum atomic E-state index is 12.0. The molecule has 1 unspecified atom stereocenters. The average Bonchev–Trinajstić information content (AvgIpc) is 2.73. The Balaban J connectivity index is 1.83. The molecular formula is C13H23N5O. The Morgan fingerprint density at radius 2 is 2.21 bits per heavy atom. The van der Waals surface area contributed by atoms with Crippen LogP contribution >= 0.6 is 0 Å². The van der Waals surface area contributed by atoms with Gasteiger partial charge in [0, 0.05) is 19.1 Å². The predicted octanol–water partition coefficient (Wildman–Crippen LogP) is 0.977. The molecule has 1 saturated heterocycles. The third-order valence-corrected chi connectivity index (χ3v) is 3.43. The summed E-state index contributed by atoms with van der Waals surface area (Å²) in [5, 5.41) is 14.1. The van der Waals surface area contributed by atoms with Gasteiger partial charge in [0.25, 0.3) is 5.91 Å². The van der Waals surface area contributed by atoms with Crippen molar-refractivity contribution >= 4 is 5.91 Å². The summed E-state index contributed by atoms with van der Waals surface area (Å²) in [4.78, 5) is 12.0. The Hall–Kier alpha value is -1.43. The molecule has 1 aromatic heterocycles. The first-order chi connectivity index (χ1) is 9.06. The lowest BCUT2D eigenvalue weighted by molar-refractivity contribution is 0.0932. The van der Waals surface area contributed by atoms with Crippen LogP contribution < -0.4 is 10.6 Å². The molecule has 6 heteroatoms. The first-order valence-corrected chi connectivity index (χ1v) is 6.99.